The Balaban J connectivity index is 2.26. The van der Waals surface area contributed by atoms with Crippen molar-refractivity contribution < 1.29 is 19.2 Å². The lowest BCUT2D eigenvalue weighted by Crippen LogP contribution is -2.27. The standard InChI is InChI=1S/C15H18N2O5/c1-3-10-7-12(17(20)21)5-6-13(10)16-9-11(8-14(16)18)15(19)22-4-2/h5-7,11H,3-4,8-9H2,1-2H3/t11-/m1/s1. The number of hydrogen-bond acceptors (Lipinski definition) is 5. The maximum Gasteiger partial charge on any atom is 0.311 e. The highest BCUT2D eigenvalue weighted by atomic mass is 16.6. The molecule has 0 aromatic heterocycles. The van der Waals surface area contributed by atoms with Crippen molar-refractivity contribution >= 4 is 23.3 Å². The molecule has 0 spiro atoms. The van der Waals surface area contributed by atoms with Crippen molar-refractivity contribution in [3.05, 3.63) is 33.9 Å². The third kappa shape index (κ3) is 3.08. The molecule has 1 atom stereocenters. The minimum Gasteiger partial charge on any atom is -0.466 e. The lowest BCUT2D eigenvalue weighted by Gasteiger charge is -2.19. The van der Waals surface area contributed by atoms with Gasteiger partial charge in [0.25, 0.3) is 5.69 Å². The number of carbonyl (C=O) groups is 2. The SMILES string of the molecule is CCOC(=O)[C@@H]1CC(=O)N(c2ccc([N+](=O)[O-])cc2CC)C1. The van der Waals surface area contributed by atoms with Crippen LogP contribution in [-0.2, 0) is 20.7 Å². The smallest absolute Gasteiger partial charge is 0.311 e. The molecule has 7 heteroatoms. The third-order valence-electron chi connectivity index (χ3n) is 3.69. The van der Waals surface area contributed by atoms with E-state index in [0.717, 1.165) is 0 Å². The first kappa shape index (κ1) is 15.9. The first-order valence-corrected chi connectivity index (χ1v) is 7.22. The second kappa shape index (κ2) is 6.55. The summed E-state index contributed by atoms with van der Waals surface area (Å²) in [4.78, 5) is 35.8. The van der Waals surface area contributed by atoms with Gasteiger partial charge >= 0.3 is 5.97 Å². The summed E-state index contributed by atoms with van der Waals surface area (Å²) in [6, 6.07) is 4.42. The van der Waals surface area contributed by atoms with Gasteiger partial charge in [-0.1, -0.05) is 6.92 Å². The predicted octanol–water partition coefficient (Wildman–Crippen LogP) is 2.07. The second-order valence-corrected chi connectivity index (χ2v) is 5.08. The third-order valence-corrected chi connectivity index (χ3v) is 3.69. The van der Waals surface area contributed by atoms with E-state index in [4.69, 9.17) is 4.74 Å². The molecule has 1 aliphatic heterocycles. The van der Waals surface area contributed by atoms with E-state index in [1.807, 2.05) is 6.92 Å². The average Bonchev–Trinajstić information content (AvgIpc) is 2.88. The summed E-state index contributed by atoms with van der Waals surface area (Å²) in [7, 11) is 0. The number of rotatable bonds is 5. The van der Waals surface area contributed by atoms with E-state index in [1.165, 1.54) is 17.0 Å². The molecular weight excluding hydrogens is 288 g/mol. The summed E-state index contributed by atoms with van der Waals surface area (Å²) in [6.45, 7) is 4.12. The van der Waals surface area contributed by atoms with Gasteiger partial charge in [0, 0.05) is 30.8 Å². The largest absolute Gasteiger partial charge is 0.466 e. The van der Waals surface area contributed by atoms with E-state index < -0.39 is 10.8 Å². The minimum absolute atomic E-state index is 0.00538. The second-order valence-electron chi connectivity index (χ2n) is 5.08. The fraction of sp³-hybridized carbons (Fsp3) is 0.467. The van der Waals surface area contributed by atoms with Gasteiger partial charge in [0.2, 0.25) is 5.91 Å². The lowest BCUT2D eigenvalue weighted by atomic mass is 10.1. The van der Waals surface area contributed by atoms with E-state index >= 15 is 0 Å². The maximum absolute atomic E-state index is 12.2. The van der Waals surface area contributed by atoms with Gasteiger partial charge < -0.3 is 9.64 Å². The molecule has 0 aliphatic carbocycles. The number of benzene rings is 1. The Bertz CT molecular complexity index is 614. The number of nitro benzene ring substituents is 1. The Morgan fingerprint density at radius 2 is 2.18 bits per heavy atom. The molecule has 1 amide bonds. The van der Waals surface area contributed by atoms with Crippen LogP contribution in [0.5, 0.6) is 0 Å². The van der Waals surface area contributed by atoms with E-state index in [1.54, 1.807) is 13.0 Å². The van der Waals surface area contributed by atoms with Crippen molar-refractivity contribution in [1.82, 2.24) is 0 Å². The Kier molecular flexibility index (Phi) is 4.75. The summed E-state index contributed by atoms with van der Waals surface area (Å²) in [5.41, 5.74) is 1.34. The number of carbonyl (C=O) groups excluding carboxylic acids is 2. The molecule has 7 nitrogen and oxygen atoms in total. The van der Waals surface area contributed by atoms with Gasteiger partial charge in [-0.2, -0.15) is 0 Å². The van der Waals surface area contributed by atoms with Gasteiger partial charge in [-0.15, -0.1) is 0 Å². The van der Waals surface area contributed by atoms with Crippen molar-refractivity contribution in [1.29, 1.82) is 0 Å². The number of anilines is 1. The van der Waals surface area contributed by atoms with Gasteiger partial charge in [-0.25, -0.2) is 0 Å². The molecule has 1 aromatic rings. The maximum atomic E-state index is 12.2. The summed E-state index contributed by atoms with van der Waals surface area (Å²) >= 11 is 0. The molecule has 0 bridgehead atoms. The van der Waals surface area contributed by atoms with Crippen LogP contribution >= 0.6 is 0 Å². The zero-order valence-corrected chi connectivity index (χ0v) is 12.6. The molecule has 2 rings (SSSR count). The van der Waals surface area contributed by atoms with Crippen LogP contribution in [0.4, 0.5) is 11.4 Å². The van der Waals surface area contributed by atoms with Crippen molar-refractivity contribution in [2.75, 3.05) is 18.1 Å². The first-order chi connectivity index (χ1) is 10.5. The van der Waals surface area contributed by atoms with Crippen molar-refractivity contribution in [3.8, 4) is 0 Å². The minimum atomic E-state index is -0.479. The lowest BCUT2D eigenvalue weighted by molar-refractivity contribution is -0.384. The van der Waals surface area contributed by atoms with Crippen LogP contribution in [0.3, 0.4) is 0 Å². The van der Waals surface area contributed by atoms with Crippen LogP contribution in [-0.4, -0.2) is 30.0 Å². The summed E-state index contributed by atoms with van der Waals surface area (Å²) < 4.78 is 4.96. The van der Waals surface area contributed by atoms with Crippen LogP contribution in [0.2, 0.25) is 0 Å². The van der Waals surface area contributed by atoms with Gasteiger partial charge in [0.05, 0.1) is 17.4 Å². The molecule has 1 aliphatic rings. The molecule has 0 saturated carbocycles. The summed E-state index contributed by atoms with van der Waals surface area (Å²) in [6.07, 6.45) is 0.670. The molecule has 0 N–H and O–H groups in total. The fourth-order valence-electron chi connectivity index (χ4n) is 2.59. The summed E-state index contributed by atoms with van der Waals surface area (Å²) in [5, 5.41) is 10.8. The van der Waals surface area contributed by atoms with Crippen molar-refractivity contribution in [2.24, 2.45) is 5.92 Å². The molecule has 1 fully saturated rings. The summed E-state index contributed by atoms with van der Waals surface area (Å²) in [5.74, 6) is -1.02. The zero-order chi connectivity index (χ0) is 16.3. The molecule has 0 radical (unpaired) electrons. The van der Waals surface area contributed by atoms with Crippen LogP contribution in [0.15, 0.2) is 18.2 Å². The van der Waals surface area contributed by atoms with E-state index in [9.17, 15) is 19.7 Å². The van der Waals surface area contributed by atoms with Gasteiger partial charge in [-0.05, 0) is 25.0 Å². The number of nitro groups is 1. The van der Waals surface area contributed by atoms with Crippen molar-refractivity contribution in [3.63, 3.8) is 0 Å². The highest BCUT2D eigenvalue weighted by Gasteiger charge is 2.36. The number of nitrogens with zero attached hydrogens (tertiary/aromatic N) is 2. The monoisotopic (exact) mass is 306 g/mol. The van der Waals surface area contributed by atoms with Crippen LogP contribution in [0, 0.1) is 16.0 Å². The zero-order valence-electron chi connectivity index (χ0n) is 12.6. The fourth-order valence-corrected chi connectivity index (χ4v) is 2.59. The van der Waals surface area contributed by atoms with E-state index in [-0.39, 0.29) is 37.1 Å². The number of non-ortho nitro benzene ring substituents is 1. The number of esters is 1. The van der Waals surface area contributed by atoms with E-state index in [2.05, 4.69) is 0 Å². The van der Waals surface area contributed by atoms with Crippen molar-refractivity contribution in [2.45, 2.75) is 26.7 Å². The highest BCUT2D eigenvalue weighted by molar-refractivity contribution is 6.00. The van der Waals surface area contributed by atoms with Gasteiger partial charge in [0.15, 0.2) is 0 Å². The van der Waals surface area contributed by atoms with Gasteiger partial charge in [0.1, 0.15) is 0 Å². The first-order valence-electron chi connectivity index (χ1n) is 7.22. The number of aryl methyl sites for hydroxylation is 1. The Hall–Kier alpha value is -2.44. The van der Waals surface area contributed by atoms with Crippen LogP contribution in [0.1, 0.15) is 25.8 Å². The molecule has 1 heterocycles. The molecule has 0 unspecified atom stereocenters. The Morgan fingerprint density at radius 1 is 1.45 bits per heavy atom. The van der Waals surface area contributed by atoms with Crippen LogP contribution < -0.4 is 4.90 Å². The number of ether oxygens (including phenoxy) is 1. The number of hydrogen-bond donors (Lipinski definition) is 0. The Morgan fingerprint density at radius 3 is 2.77 bits per heavy atom. The highest BCUT2D eigenvalue weighted by Crippen LogP contribution is 2.31. The molecule has 22 heavy (non-hydrogen) atoms. The molecule has 1 aromatic carbocycles. The normalized spacial score (nSPS) is 17.6. The van der Waals surface area contributed by atoms with Gasteiger partial charge in [-0.3, -0.25) is 19.7 Å². The van der Waals surface area contributed by atoms with Crippen LogP contribution in [0.25, 0.3) is 0 Å². The van der Waals surface area contributed by atoms with E-state index in [0.29, 0.717) is 17.7 Å². The average molecular weight is 306 g/mol. The quantitative estimate of drug-likeness (QED) is 0.472. The molecule has 1 saturated heterocycles. The molecular formula is C15H18N2O5. The predicted molar refractivity (Wildman–Crippen MR) is 79.6 cm³/mol. The molecule has 118 valence electrons. The Labute approximate surface area is 128 Å². The topological polar surface area (TPSA) is 89.8 Å². The number of amides is 1.